The van der Waals surface area contributed by atoms with Crippen LogP contribution in [0.1, 0.15) is 43.2 Å². The quantitative estimate of drug-likeness (QED) is 0.599. The molecule has 0 aliphatic heterocycles. The van der Waals surface area contributed by atoms with Crippen molar-refractivity contribution in [3.8, 4) is 17.2 Å². The van der Waals surface area contributed by atoms with E-state index in [-0.39, 0.29) is 11.2 Å². The van der Waals surface area contributed by atoms with E-state index in [1.807, 2.05) is 29.1 Å². The van der Waals surface area contributed by atoms with Crippen molar-refractivity contribution in [2.75, 3.05) is 14.2 Å². The van der Waals surface area contributed by atoms with Gasteiger partial charge in [0.1, 0.15) is 17.3 Å². The molecule has 162 valence electrons. The molecule has 6 heteroatoms. The van der Waals surface area contributed by atoms with Gasteiger partial charge in [-0.05, 0) is 73.2 Å². The Morgan fingerprint density at radius 1 is 1.13 bits per heavy atom. The molecule has 1 aliphatic rings. The van der Waals surface area contributed by atoms with Crippen molar-refractivity contribution < 1.29 is 19.0 Å². The zero-order valence-corrected chi connectivity index (χ0v) is 18.2. The van der Waals surface area contributed by atoms with Gasteiger partial charge in [-0.3, -0.25) is 0 Å². The highest BCUT2D eigenvalue weighted by atomic mass is 19.1. The van der Waals surface area contributed by atoms with Crippen molar-refractivity contribution in [2.24, 2.45) is 5.41 Å². The molecule has 31 heavy (non-hydrogen) atoms. The molecule has 1 aliphatic carbocycles. The van der Waals surface area contributed by atoms with Gasteiger partial charge in [0.2, 0.25) is 0 Å². The van der Waals surface area contributed by atoms with E-state index in [0.29, 0.717) is 23.5 Å². The molecule has 0 spiro atoms. The van der Waals surface area contributed by atoms with E-state index in [9.17, 15) is 9.50 Å². The minimum atomic E-state index is -0.756. The van der Waals surface area contributed by atoms with Crippen LogP contribution in [0, 0.1) is 11.2 Å². The summed E-state index contributed by atoms with van der Waals surface area (Å²) < 4.78 is 26.1. The molecule has 0 radical (unpaired) electrons. The van der Waals surface area contributed by atoms with Crippen LogP contribution in [0.2, 0.25) is 0 Å². The summed E-state index contributed by atoms with van der Waals surface area (Å²) in [6.45, 7) is 4.24. The van der Waals surface area contributed by atoms with Crippen molar-refractivity contribution >= 4 is 6.08 Å². The highest BCUT2D eigenvalue weighted by Gasteiger charge is 2.36. The molecule has 1 aromatic heterocycles. The molecule has 3 aromatic rings. The number of aliphatic hydroxyl groups is 1. The Kier molecular flexibility index (Phi) is 5.58. The lowest BCUT2D eigenvalue weighted by molar-refractivity contribution is 0.115. The van der Waals surface area contributed by atoms with Crippen LogP contribution < -0.4 is 9.47 Å². The Morgan fingerprint density at radius 3 is 2.39 bits per heavy atom. The molecule has 0 saturated carbocycles. The number of fused-ring (bicyclic) bond motifs is 1. The average molecular weight is 423 g/mol. The van der Waals surface area contributed by atoms with Crippen LogP contribution in [0.5, 0.6) is 11.5 Å². The third kappa shape index (κ3) is 3.83. The van der Waals surface area contributed by atoms with Crippen LogP contribution >= 0.6 is 0 Å². The van der Waals surface area contributed by atoms with Crippen molar-refractivity contribution in [2.45, 2.75) is 32.8 Å². The number of methoxy groups -OCH3 is 2. The van der Waals surface area contributed by atoms with Gasteiger partial charge in [0, 0.05) is 0 Å². The number of hydrogen-bond acceptors (Lipinski definition) is 4. The molecule has 1 N–H and O–H groups in total. The monoisotopic (exact) mass is 422 g/mol. The second-order valence-electron chi connectivity index (χ2n) is 8.30. The smallest absolute Gasteiger partial charge is 0.128 e. The average Bonchev–Trinajstić information content (AvgIpc) is 3.15. The summed E-state index contributed by atoms with van der Waals surface area (Å²) in [7, 11) is 3.18. The van der Waals surface area contributed by atoms with Gasteiger partial charge in [-0.15, -0.1) is 0 Å². The second-order valence-corrected chi connectivity index (χ2v) is 8.30. The summed E-state index contributed by atoms with van der Waals surface area (Å²) in [5.74, 6) is 0.945. The number of nitrogens with zero attached hydrogens (tertiary/aromatic N) is 2. The highest BCUT2D eigenvalue weighted by molar-refractivity contribution is 5.60. The van der Waals surface area contributed by atoms with E-state index in [4.69, 9.17) is 9.47 Å². The van der Waals surface area contributed by atoms with Crippen LogP contribution in [-0.4, -0.2) is 29.1 Å². The van der Waals surface area contributed by atoms with E-state index in [1.54, 1.807) is 26.4 Å². The number of aromatic nitrogens is 2. The third-order valence-corrected chi connectivity index (χ3v) is 6.29. The Balaban J connectivity index is 1.65. The van der Waals surface area contributed by atoms with Gasteiger partial charge >= 0.3 is 0 Å². The molecule has 0 amide bonds. The first-order valence-corrected chi connectivity index (χ1v) is 10.3. The molecule has 2 atom stereocenters. The summed E-state index contributed by atoms with van der Waals surface area (Å²) in [5, 5.41) is 15.7. The Labute approximate surface area is 181 Å². The maximum absolute atomic E-state index is 13.3. The van der Waals surface area contributed by atoms with E-state index in [1.165, 1.54) is 12.1 Å². The summed E-state index contributed by atoms with van der Waals surface area (Å²) >= 11 is 0. The van der Waals surface area contributed by atoms with Gasteiger partial charge in [0.05, 0.1) is 43.5 Å². The predicted octanol–water partition coefficient (Wildman–Crippen LogP) is 5.12. The fraction of sp³-hybridized carbons (Fsp3) is 0.320. The molecule has 4 rings (SSSR count). The second kappa shape index (κ2) is 8.19. The van der Waals surface area contributed by atoms with E-state index < -0.39 is 6.10 Å². The SMILES string of the molecule is COc1cccc(OC)c1C(O)C[C@]1(C)Cc2cnn(-c3ccc(F)cc3)c2C=C1C. The molecule has 5 nitrogen and oxygen atoms in total. The number of benzene rings is 2. The van der Waals surface area contributed by atoms with Gasteiger partial charge in [0.25, 0.3) is 0 Å². The number of allylic oxidation sites excluding steroid dienone is 1. The predicted molar refractivity (Wildman–Crippen MR) is 118 cm³/mol. The number of rotatable bonds is 6. The molecule has 2 aromatic carbocycles. The summed E-state index contributed by atoms with van der Waals surface area (Å²) in [6, 6.07) is 11.8. The maximum atomic E-state index is 13.3. The number of ether oxygens (including phenoxy) is 2. The Morgan fingerprint density at radius 2 is 1.77 bits per heavy atom. The molecular formula is C25H27FN2O3. The largest absolute Gasteiger partial charge is 0.496 e. The lowest BCUT2D eigenvalue weighted by Crippen LogP contribution is -2.27. The number of halogens is 1. The first kappa shape index (κ1) is 21.1. The molecule has 0 saturated heterocycles. The zero-order chi connectivity index (χ0) is 22.2. The Bertz CT molecular complexity index is 1100. The van der Waals surface area contributed by atoms with Gasteiger partial charge in [-0.25, -0.2) is 9.07 Å². The first-order chi connectivity index (χ1) is 14.9. The lowest BCUT2D eigenvalue weighted by atomic mass is 9.70. The van der Waals surface area contributed by atoms with Crippen LogP contribution in [0.25, 0.3) is 11.8 Å². The number of hydrogen-bond donors (Lipinski definition) is 1. The van der Waals surface area contributed by atoms with Gasteiger partial charge < -0.3 is 14.6 Å². The fourth-order valence-corrected chi connectivity index (χ4v) is 4.38. The van der Waals surface area contributed by atoms with Crippen molar-refractivity contribution in [3.63, 3.8) is 0 Å². The lowest BCUT2D eigenvalue weighted by Gasteiger charge is -2.36. The van der Waals surface area contributed by atoms with Gasteiger partial charge in [-0.1, -0.05) is 18.6 Å². The van der Waals surface area contributed by atoms with E-state index in [2.05, 4.69) is 25.0 Å². The molecule has 1 heterocycles. The topological polar surface area (TPSA) is 56.5 Å². The third-order valence-electron chi connectivity index (χ3n) is 6.29. The standard InChI is InChI=1S/C25H27FN2O3/c1-16-12-20-17(15-27-28(20)19-10-8-18(26)9-11-19)13-25(16,2)14-21(29)24-22(30-3)6-5-7-23(24)31-4/h5-12,15,21,29H,13-14H2,1-4H3/t21?,25-/m0/s1. The summed E-state index contributed by atoms with van der Waals surface area (Å²) in [4.78, 5) is 0. The van der Waals surface area contributed by atoms with Crippen molar-refractivity contribution in [1.29, 1.82) is 0 Å². The number of aliphatic hydroxyl groups excluding tert-OH is 1. The summed E-state index contributed by atoms with van der Waals surface area (Å²) in [5.41, 5.74) is 4.44. The normalized spacial score (nSPS) is 18.8. The van der Waals surface area contributed by atoms with E-state index in [0.717, 1.165) is 28.9 Å². The van der Waals surface area contributed by atoms with Crippen molar-refractivity contribution in [1.82, 2.24) is 9.78 Å². The van der Waals surface area contributed by atoms with Crippen molar-refractivity contribution in [3.05, 3.63) is 76.9 Å². The molecular weight excluding hydrogens is 395 g/mol. The Hall–Kier alpha value is -3.12. The fourth-order valence-electron chi connectivity index (χ4n) is 4.38. The highest BCUT2D eigenvalue weighted by Crippen LogP contribution is 2.47. The van der Waals surface area contributed by atoms with E-state index >= 15 is 0 Å². The molecule has 0 fully saturated rings. The zero-order valence-electron chi connectivity index (χ0n) is 18.2. The molecule has 1 unspecified atom stereocenters. The first-order valence-electron chi connectivity index (χ1n) is 10.3. The van der Waals surface area contributed by atoms with Gasteiger partial charge in [-0.2, -0.15) is 5.10 Å². The van der Waals surface area contributed by atoms with Crippen LogP contribution in [0.3, 0.4) is 0 Å². The van der Waals surface area contributed by atoms with Crippen LogP contribution in [-0.2, 0) is 6.42 Å². The van der Waals surface area contributed by atoms with Crippen LogP contribution in [0.15, 0.2) is 54.2 Å². The van der Waals surface area contributed by atoms with Crippen LogP contribution in [0.4, 0.5) is 4.39 Å². The van der Waals surface area contributed by atoms with Gasteiger partial charge in [0.15, 0.2) is 0 Å². The summed E-state index contributed by atoms with van der Waals surface area (Å²) in [6.07, 6.45) is 4.46. The molecule has 0 bridgehead atoms. The minimum absolute atomic E-state index is 0.269. The minimum Gasteiger partial charge on any atom is -0.496 e. The maximum Gasteiger partial charge on any atom is 0.128 e.